The number of benzene rings is 1. The molecular formula is C18H25NO3. The topological polar surface area (TPSA) is 41.9 Å². The van der Waals surface area contributed by atoms with Gasteiger partial charge in [-0.05, 0) is 45.8 Å². The molecule has 1 fully saturated rings. The third kappa shape index (κ3) is 5.25. The van der Waals surface area contributed by atoms with Crippen molar-refractivity contribution in [2.45, 2.75) is 38.8 Å². The van der Waals surface area contributed by atoms with Crippen molar-refractivity contribution in [3.05, 3.63) is 23.8 Å². The summed E-state index contributed by atoms with van der Waals surface area (Å²) in [5.41, 5.74) is 0.156. The molecule has 0 saturated carbocycles. The van der Waals surface area contributed by atoms with Gasteiger partial charge in [0.15, 0.2) is 0 Å². The molecule has 0 amide bonds. The molecule has 0 atom stereocenters. The molecule has 0 aromatic heterocycles. The van der Waals surface area contributed by atoms with E-state index in [9.17, 15) is 5.11 Å². The molecule has 1 heterocycles. The third-order valence-electron chi connectivity index (χ3n) is 3.56. The highest BCUT2D eigenvalue weighted by molar-refractivity contribution is 5.41. The van der Waals surface area contributed by atoms with Crippen molar-refractivity contribution in [1.82, 2.24) is 4.90 Å². The van der Waals surface area contributed by atoms with Crippen LogP contribution in [0.3, 0.4) is 0 Å². The summed E-state index contributed by atoms with van der Waals surface area (Å²) < 4.78 is 11.1. The normalized spacial score (nSPS) is 15.3. The number of hydrogen-bond acceptors (Lipinski definition) is 4. The first-order valence-electron chi connectivity index (χ1n) is 7.72. The second-order valence-electron chi connectivity index (χ2n) is 6.11. The summed E-state index contributed by atoms with van der Waals surface area (Å²) in [6.45, 7) is 6.74. The van der Waals surface area contributed by atoms with Gasteiger partial charge in [0.05, 0.1) is 7.11 Å². The van der Waals surface area contributed by atoms with Crippen LogP contribution < -0.4 is 9.47 Å². The number of rotatable bonds is 5. The first-order valence-corrected chi connectivity index (χ1v) is 7.72. The third-order valence-corrected chi connectivity index (χ3v) is 3.56. The van der Waals surface area contributed by atoms with E-state index in [1.165, 1.54) is 12.8 Å². The highest BCUT2D eigenvalue weighted by Gasteiger charge is 2.15. The Kier molecular flexibility index (Phi) is 5.70. The van der Waals surface area contributed by atoms with Gasteiger partial charge >= 0.3 is 0 Å². The Morgan fingerprint density at radius 1 is 1.27 bits per heavy atom. The largest absolute Gasteiger partial charge is 0.497 e. The summed E-state index contributed by atoms with van der Waals surface area (Å²) in [5, 5.41) is 9.59. The summed E-state index contributed by atoms with van der Waals surface area (Å²) in [7, 11) is 1.65. The highest BCUT2D eigenvalue weighted by atomic mass is 16.5. The van der Waals surface area contributed by atoms with Crippen molar-refractivity contribution in [3.8, 4) is 23.3 Å². The molecule has 0 bridgehead atoms. The number of likely N-dealkylation sites (tertiary alicyclic amines) is 1. The standard InChI is InChI=1S/C18H25NO3/c1-18(2,20)9-6-12-22-17-13-16(21-3)8-7-15(17)14-19-10-4-5-11-19/h7-8,13,20H,4-5,10-12,14H2,1-3H3. The van der Waals surface area contributed by atoms with E-state index in [-0.39, 0.29) is 6.61 Å². The van der Waals surface area contributed by atoms with E-state index < -0.39 is 5.60 Å². The summed E-state index contributed by atoms with van der Waals surface area (Å²) >= 11 is 0. The van der Waals surface area contributed by atoms with E-state index in [1.807, 2.05) is 12.1 Å². The quantitative estimate of drug-likeness (QED) is 0.849. The lowest BCUT2D eigenvalue weighted by Crippen LogP contribution is -2.19. The molecule has 2 rings (SSSR count). The zero-order valence-corrected chi connectivity index (χ0v) is 13.7. The van der Waals surface area contributed by atoms with E-state index >= 15 is 0 Å². The summed E-state index contributed by atoms with van der Waals surface area (Å²) in [4.78, 5) is 2.43. The van der Waals surface area contributed by atoms with E-state index in [4.69, 9.17) is 9.47 Å². The van der Waals surface area contributed by atoms with Crippen molar-refractivity contribution < 1.29 is 14.6 Å². The minimum atomic E-state index is -0.990. The van der Waals surface area contributed by atoms with Crippen molar-refractivity contribution in [2.24, 2.45) is 0 Å². The summed E-state index contributed by atoms with van der Waals surface area (Å²) in [6, 6.07) is 5.91. The molecule has 4 nitrogen and oxygen atoms in total. The average molecular weight is 303 g/mol. The van der Waals surface area contributed by atoms with Crippen LogP contribution >= 0.6 is 0 Å². The molecule has 0 unspecified atom stereocenters. The first-order chi connectivity index (χ1) is 10.5. The van der Waals surface area contributed by atoms with Gasteiger partial charge in [0.2, 0.25) is 0 Å². The number of hydrogen-bond donors (Lipinski definition) is 1. The Morgan fingerprint density at radius 3 is 2.64 bits per heavy atom. The van der Waals surface area contributed by atoms with Crippen LogP contribution in [0.25, 0.3) is 0 Å². The molecule has 0 aliphatic carbocycles. The van der Waals surface area contributed by atoms with Crippen LogP contribution in [0.15, 0.2) is 18.2 Å². The lowest BCUT2D eigenvalue weighted by molar-refractivity contribution is 0.143. The average Bonchev–Trinajstić information content (AvgIpc) is 2.97. The maximum atomic E-state index is 9.59. The van der Waals surface area contributed by atoms with Crippen molar-refractivity contribution in [3.63, 3.8) is 0 Å². The Bertz CT molecular complexity index is 546. The molecule has 1 aromatic rings. The molecule has 4 heteroatoms. The second kappa shape index (κ2) is 7.53. The minimum Gasteiger partial charge on any atom is -0.497 e. The van der Waals surface area contributed by atoms with Crippen LogP contribution in [0.5, 0.6) is 11.5 Å². The van der Waals surface area contributed by atoms with Gasteiger partial charge in [0.25, 0.3) is 0 Å². The Hall–Kier alpha value is -1.70. The minimum absolute atomic E-state index is 0.254. The fraction of sp³-hybridized carbons (Fsp3) is 0.556. The fourth-order valence-electron chi connectivity index (χ4n) is 2.47. The lowest BCUT2D eigenvalue weighted by Gasteiger charge is -2.18. The molecule has 120 valence electrons. The van der Waals surface area contributed by atoms with Crippen LogP contribution in [-0.2, 0) is 6.54 Å². The zero-order valence-electron chi connectivity index (χ0n) is 13.7. The van der Waals surface area contributed by atoms with Crippen LogP contribution in [0.2, 0.25) is 0 Å². The summed E-state index contributed by atoms with van der Waals surface area (Å²) in [6.07, 6.45) is 2.53. The smallest absolute Gasteiger partial charge is 0.149 e. The zero-order chi connectivity index (χ0) is 16.0. The highest BCUT2D eigenvalue weighted by Crippen LogP contribution is 2.27. The maximum absolute atomic E-state index is 9.59. The van der Waals surface area contributed by atoms with Crippen LogP contribution in [0.4, 0.5) is 0 Å². The van der Waals surface area contributed by atoms with Crippen molar-refractivity contribution in [2.75, 3.05) is 26.8 Å². The predicted molar refractivity (Wildman–Crippen MR) is 87.1 cm³/mol. The molecule has 1 aromatic carbocycles. The van der Waals surface area contributed by atoms with E-state index in [1.54, 1.807) is 21.0 Å². The molecule has 1 aliphatic heterocycles. The van der Waals surface area contributed by atoms with Gasteiger partial charge in [0.1, 0.15) is 23.7 Å². The molecule has 0 spiro atoms. The van der Waals surface area contributed by atoms with Gasteiger partial charge in [-0.25, -0.2) is 0 Å². The predicted octanol–water partition coefficient (Wildman–Crippen LogP) is 2.44. The number of ether oxygens (including phenoxy) is 2. The number of methoxy groups -OCH3 is 1. The van der Waals surface area contributed by atoms with Gasteiger partial charge in [-0.3, -0.25) is 4.90 Å². The lowest BCUT2D eigenvalue weighted by atomic mass is 10.1. The van der Waals surface area contributed by atoms with E-state index in [0.717, 1.165) is 36.7 Å². The Morgan fingerprint density at radius 2 is 2.00 bits per heavy atom. The first kappa shape index (κ1) is 16.7. The molecule has 0 radical (unpaired) electrons. The Balaban J connectivity index is 2.06. The van der Waals surface area contributed by atoms with Crippen LogP contribution in [0, 0.1) is 11.8 Å². The van der Waals surface area contributed by atoms with Gasteiger partial charge in [-0.1, -0.05) is 17.9 Å². The second-order valence-corrected chi connectivity index (χ2v) is 6.11. The van der Waals surface area contributed by atoms with Gasteiger partial charge in [-0.2, -0.15) is 0 Å². The van der Waals surface area contributed by atoms with Gasteiger partial charge in [-0.15, -0.1) is 0 Å². The van der Waals surface area contributed by atoms with Crippen molar-refractivity contribution in [1.29, 1.82) is 0 Å². The maximum Gasteiger partial charge on any atom is 0.149 e. The van der Waals surface area contributed by atoms with Crippen molar-refractivity contribution >= 4 is 0 Å². The summed E-state index contributed by atoms with van der Waals surface area (Å²) in [5.74, 6) is 7.18. The molecular weight excluding hydrogens is 278 g/mol. The monoisotopic (exact) mass is 303 g/mol. The fourth-order valence-corrected chi connectivity index (χ4v) is 2.47. The van der Waals surface area contributed by atoms with E-state index in [0.29, 0.717) is 0 Å². The van der Waals surface area contributed by atoms with Gasteiger partial charge in [0, 0.05) is 18.2 Å². The van der Waals surface area contributed by atoms with E-state index in [2.05, 4.69) is 22.8 Å². The SMILES string of the molecule is COc1ccc(CN2CCCC2)c(OCC#CC(C)(C)O)c1. The Labute approximate surface area is 133 Å². The molecule has 1 aliphatic rings. The molecule has 1 N–H and O–H groups in total. The molecule has 1 saturated heterocycles. The molecule has 22 heavy (non-hydrogen) atoms. The number of aliphatic hydroxyl groups is 1. The van der Waals surface area contributed by atoms with Crippen LogP contribution in [0.1, 0.15) is 32.3 Å². The number of nitrogens with zero attached hydrogens (tertiary/aromatic N) is 1. The van der Waals surface area contributed by atoms with Crippen LogP contribution in [-0.4, -0.2) is 42.4 Å². The van der Waals surface area contributed by atoms with Gasteiger partial charge < -0.3 is 14.6 Å².